The predicted octanol–water partition coefficient (Wildman–Crippen LogP) is 2.55. The number of nitrogens with zero attached hydrogens (tertiary/aromatic N) is 2. The molecule has 2 rings (SSSR count). The first kappa shape index (κ1) is 11.9. The fourth-order valence-corrected chi connectivity index (χ4v) is 2.34. The van der Waals surface area contributed by atoms with Crippen molar-refractivity contribution in [2.75, 3.05) is 11.4 Å². The number of aromatic carboxylic acids is 1. The molecule has 0 radical (unpaired) electrons. The van der Waals surface area contributed by atoms with Gasteiger partial charge in [0.1, 0.15) is 5.69 Å². The van der Waals surface area contributed by atoms with Crippen molar-refractivity contribution in [3.8, 4) is 0 Å². The summed E-state index contributed by atoms with van der Waals surface area (Å²) in [6.07, 6.45) is 6.62. The van der Waals surface area contributed by atoms with E-state index in [1.54, 1.807) is 12.3 Å². The molecule has 0 aromatic carbocycles. The highest BCUT2D eigenvalue weighted by Crippen LogP contribution is 2.23. The van der Waals surface area contributed by atoms with Gasteiger partial charge in [-0.2, -0.15) is 0 Å². The van der Waals surface area contributed by atoms with Gasteiger partial charge in [0.15, 0.2) is 0 Å². The van der Waals surface area contributed by atoms with E-state index in [9.17, 15) is 4.79 Å². The molecule has 4 heteroatoms. The summed E-state index contributed by atoms with van der Waals surface area (Å²) in [4.78, 5) is 17.0. The number of anilines is 1. The van der Waals surface area contributed by atoms with Crippen molar-refractivity contribution in [2.45, 2.75) is 38.6 Å². The Hall–Kier alpha value is -1.58. The smallest absolute Gasteiger partial charge is 0.354 e. The second kappa shape index (κ2) is 5.17. The Bertz CT molecular complexity index is 389. The Morgan fingerprint density at radius 2 is 2.24 bits per heavy atom. The molecule has 0 spiro atoms. The number of aromatic nitrogens is 1. The van der Waals surface area contributed by atoms with E-state index >= 15 is 0 Å². The summed E-state index contributed by atoms with van der Waals surface area (Å²) in [5, 5.41) is 8.81. The van der Waals surface area contributed by atoms with Crippen LogP contribution in [0.4, 0.5) is 5.69 Å². The van der Waals surface area contributed by atoms with E-state index in [-0.39, 0.29) is 5.69 Å². The number of carboxylic acid groups (broad SMARTS) is 1. The van der Waals surface area contributed by atoms with Gasteiger partial charge in [-0.1, -0.05) is 12.8 Å². The van der Waals surface area contributed by atoms with Crippen LogP contribution in [0.1, 0.15) is 43.1 Å². The van der Waals surface area contributed by atoms with E-state index in [4.69, 9.17) is 5.11 Å². The highest BCUT2D eigenvalue weighted by molar-refractivity contribution is 5.85. The maximum atomic E-state index is 10.7. The molecule has 17 heavy (non-hydrogen) atoms. The van der Waals surface area contributed by atoms with Crippen LogP contribution in [0, 0.1) is 0 Å². The fraction of sp³-hybridized carbons (Fsp3) is 0.538. The molecule has 1 atom stereocenters. The molecule has 1 saturated heterocycles. The van der Waals surface area contributed by atoms with E-state index in [0.717, 1.165) is 12.2 Å². The van der Waals surface area contributed by atoms with E-state index < -0.39 is 5.97 Å². The van der Waals surface area contributed by atoms with Gasteiger partial charge in [-0.15, -0.1) is 0 Å². The van der Waals surface area contributed by atoms with Crippen LogP contribution >= 0.6 is 0 Å². The maximum Gasteiger partial charge on any atom is 0.354 e. The number of hydrogen-bond acceptors (Lipinski definition) is 3. The second-order valence-electron chi connectivity index (χ2n) is 4.60. The van der Waals surface area contributed by atoms with Crippen LogP contribution in [0.5, 0.6) is 0 Å². The monoisotopic (exact) mass is 234 g/mol. The lowest BCUT2D eigenvalue weighted by atomic mass is 10.1. The number of rotatable bonds is 2. The van der Waals surface area contributed by atoms with Crippen LogP contribution in [-0.4, -0.2) is 28.6 Å². The van der Waals surface area contributed by atoms with Crippen molar-refractivity contribution in [1.82, 2.24) is 4.98 Å². The number of carboxylic acids is 1. The molecule has 2 heterocycles. The van der Waals surface area contributed by atoms with E-state index in [1.807, 2.05) is 6.07 Å². The van der Waals surface area contributed by atoms with Crippen LogP contribution in [0.2, 0.25) is 0 Å². The molecule has 0 saturated carbocycles. The zero-order valence-electron chi connectivity index (χ0n) is 10.1. The van der Waals surface area contributed by atoms with Crippen molar-refractivity contribution in [3.05, 3.63) is 24.0 Å². The Balaban J connectivity index is 2.17. The Morgan fingerprint density at radius 1 is 1.41 bits per heavy atom. The van der Waals surface area contributed by atoms with E-state index in [0.29, 0.717) is 6.04 Å². The first-order valence-corrected chi connectivity index (χ1v) is 6.14. The van der Waals surface area contributed by atoms with E-state index in [2.05, 4.69) is 16.8 Å². The highest BCUT2D eigenvalue weighted by Gasteiger charge is 2.17. The SMILES string of the molecule is CC1CCCCCN1c1ccc(C(=O)O)nc1. The second-order valence-corrected chi connectivity index (χ2v) is 4.60. The normalized spacial score (nSPS) is 21.0. The third-order valence-electron chi connectivity index (χ3n) is 3.35. The molecule has 1 unspecified atom stereocenters. The largest absolute Gasteiger partial charge is 0.477 e. The fourth-order valence-electron chi connectivity index (χ4n) is 2.34. The summed E-state index contributed by atoms with van der Waals surface area (Å²) >= 11 is 0. The maximum absolute atomic E-state index is 10.7. The van der Waals surface area contributed by atoms with Gasteiger partial charge >= 0.3 is 5.97 Å². The third-order valence-corrected chi connectivity index (χ3v) is 3.35. The lowest BCUT2D eigenvalue weighted by Gasteiger charge is -2.29. The van der Waals surface area contributed by atoms with Crippen molar-refractivity contribution < 1.29 is 9.90 Å². The molecule has 1 aromatic heterocycles. The number of carbonyl (C=O) groups is 1. The molecule has 0 amide bonds. The van der Waals surface area contributed by atoms with Crippen molar-refractivity contribution in [1.29, 1.82) is 0 Å². The number of pyridine rings is 1. The molecular formula is C13H18N2O2. The molecule has 92 valence electrons. The standard InChI is InChI=1S/C13H18N2O2/c1-10-5-3-2-4-8-15(10)11-6-7-12(13(16)17)14-9-11/h6-7,9-10H,2-5,8H2,1H3,(H,16,17). The van der Waals surface area contributed by atoms with Gasteiger partial charge in [0.05, 0.1) is 11.9 Å². The molecule has 1 aliphatic heterocycles. The van der Waals surface area contributed by atoms with Gasteiger partial charge in [0.25, 0.3) is 0 Å². The van der Waals surface area contributed by atoms with Crippen LogP contribution < -0.4 is 4.90 Å². The van der Waals surface area contributed by atoms with Crippen molar-refractivity contribution >= 4 is 11.7 Å². The summed E-state index contributed by atoms with van der Waals surface area (Å²) in [7, 11) is 0. The summed E-state index contributed by atoms with van der Waals surface area (Å²) in [5.74, 6) is -0.972. The van der Waals surface area contributed by atoms with Crippen molar-refractivity contribution in [2.24, 2.45) is 0 Å². The van der Waals surface area contributed by atoms with Crippen LogP contribution in [-0.2, 0) is 0 Å². The molecule has 0 bridgehead atoms. The number of hydrogen-bond donors (Lipinski definition) is 1. The lowest BCUT2D eigenvalue weighted by molar-refractivity contribution is 0.0690. The molecule has 1 N–H and O–H groups in total. The van der Waals surface area contributed by atoms with Gasteiger partial charge in [-0.3, -0.25) is 0 Å². The average molecular weight is 234 g/mol. The van der Waals surface area contributed by atoms with Gasteiger partial charge in [-0.25, -0.2) is 9.78 Å². The Labute approximate surface area is 101 Å². The Morgan fingerprint density at radius 3 is 2.88 bits per heavy atom. The van der Waals surface area contributed by atoms with Crippen LogP contribution in [0.25, 0.3) is 0 Å². The highest BCUT2D eigenvalue weighted by atomic mass is 16.4. The lowest BCUT2D eigenvalue weighted by Crippen LogP contribution is -2.32. The minimum Gasteiger partial charge on any atom is -0.477 e. The summed E-state index contributed by atoms with van der Waals surface area (Å²) in [6, 6.07) is 3.95. The van der Waals surface area contributed by atoms with Gasteiger partial charge in [0, 0.05) is 12.6 Å². The minimum atomic E-state index is -0.972. The Kier molecular flexibility index (Phi) is 3.61. The van der Waals surface area contributed by atoms with Crippen LogP contribution in [0.3, 0.4) is 0 Å². The summed E-state index contributed by atoms with van der Waals surface area (Å²) < 4.78 is 0. The predicted molar refractivity (Wildman–Crippen MR) is 66.5 cm³/mol. The van der Waals surface area contributed by atoms with Gasteiger partial charge in [-0.05, 0) is 31.9 Å². The zero-order chi connectivity index (χ0) is 12.3. The summed E-state index contributed by atoms with van der Waals surface area (Å²) in [6.45, 7) is 3.26. The molecule has 1 aliphatic rings. The molecule has 4 nitrogen and oxygen atoms in total. The summed E-state index contributed by atoms with van der Waals surface area (Å²) in [5.41, 5.74) is 1.14. The minimum absolute atomic E-state index is 0.108. The van der Waals surface area contributed by atoms with Gasteiger partial charge < -0.3 is 10.0 Å². The first-order chi connectivity index (χ1) is 8.18. The van der Waals surface area contributed by atoms with Gasteiger partial charge in [0.2, 0.25) is 0 Å². The molecular weight excluding hydrogens is 216 g/mol. The zero-order valence-corrected chi connectivity index (χ0v) is 10.1. The van der Waals surface area contributed by atoms with Crippen molar-refractivity contribution in [3.63, 3.8) is 0 Å². The quantitative estimate of drug-likeness (QED) is 0.854. The van der Waals surface area contributed by atoms with Crippen LogP contribution in [0.15, 0.2) is 18.3 Å². The molecule has 0 aliphatic carbocycles. The molecule has 1 aromatic rings. The van der Waals surface area contributed by atoms with E-state index in [1.165, 1.54) is 25.7 Å². The third kappa shape index (κ3) is 2.75. The average Bonchev–Trinajstić information content (AvgIpc) is 2.54. The first-order valence-electron chi connectivity index (χ1n) is 6.14. The topological polar surface area (TPSA) is 53.4 Å². The molecule has 1 fully saturated rings.